The fourth-order valence-corrected chi connectivity index (χ4v) is 6.63. The summed E-state index contributed by atoms with van der Waals surface area (Å²) in [6, 6.07) is 21.1. The second-order valence-corrected chi connectivity index (χ2v) is 12.2. The van der Waals surface area contributed by atoms with Crippen LogP contribution in [-0.2, 0) is 28.3 Å². The molecular formula is C32H36Cl2N2O2S. The maximum absolute atomic E-state index is 13.9. The molecule has 0 aliphatic heterocycles. The van der Waals surface area contributed by atoms with Crippen molar-refractivity contribution in [3.05, 3.63) is 105 Å². The van der Waals surface area contributed by atoms with Gasteiger partial charge < -0.3 is 10.2 Å². The van der Waals surface area contributed by atoms with E-state index in [-0.39, 0.29) is 30.2 Å². The van der Waals surface area contributed by atoms with Gasteiger partial charge in [0, 0.05) is 40.4 Å². The van der Waals surface area contributed by atoms with E-state index in [0.717, 1.165) is 31.2 Å². The highest BCUT2D eigenvalue weighted by Gasteiger charge is 2.32. The predicted octanol–water partition coefficient (Wildman–Crippen LogP) is 7.54. The summed E-state index contributed by atoms with van der Waals surface area (Å²) < 4.78 is 0. The number of carbonyl (C=O) groups is 2. The molecule has 0 unspecified atom stereocenters. The molecule has 1 atom stereocenters. The Hall–Kier alpha value is -2.47. The van der Waals surface area contributed by atoms with E-state index in [1.54, 1.807) is 34.9 Å². The first-order valence-electron chi connectivity index (χ1n) is 13.5. The highest BCUT2D eigenvalue weighted by molar-refractivity contribution is 7.99. The molecule has 4 nitrogen and oxygen atoms in total. The molecule has 0 aromatic heterocycles. The Morgan fingerprint density at radius 2 is 1.56 bits per heavy atom. The van der Waals surface area contributed by atoms with E-state index in [4.69, 9.17) is 23.2 Å². The minimum atomic E-state index is -0.686. The zero-order valence-electron chi connectivity index (χ0n) is 22.6. The number of rotatable bonds is 11. The predicted molar refractivity (Wildman–Crippen MR) is 163 cm³/mol. The van der Waals surface area contributed by atoms with E-state index in [9.17, 15) is 9.59 Å². The normalized spacial score (nSPS) is 14.3. The molecule has 0 bridgehead atoms. The molecule has 1 N–H and O–H groups in total. The molecule has 206 valence electrons. The van der Waals surface area contributed by atoms with Crippen LogP contribution in [0.4, 0.5) is 0 Å². The Morgan fingerprint density at radius 1 is 0.923 bits per heavy atom. The van der Waals surface area contributed by atoms with Crippen LogP contribution in [-0.4, -0.2) is 34.6 Å². The molecule has 1 aliphatic carbocycles. The number of nitrogens with one attached hydrogen (secondary N) is 1. The van der Waals surface area contributed by atoms with E-state index in [1.165, 1.54) is 16.7 Å². The quantitative estimate of drug-likeness (QED) is 0.254. The molecule has 2 amide bonds. The fourth-order valence-electron chi connectivity index (χ4n) is 5.27. The fraction of sp³-hybridized carbons (Fsp3) is 0.375. The summed E-state index contributed by atoms with van der Waals surface area (Å²) in [6.45, 7) is 4.33. The number of aryl methyl sites for hydroxylation is 2. The van der Waals surface area contributed by atoms with Crippen LogP contribution in [0.15, 0.2) is 66.7 Å². The third kappa shape index (κ3) is 8.51. The number of hydrogen-bond acceptors (Lipinski definition) is 3. The average molecular weight is 584 g/mol. The summed E-state index contributed by atoms with van der Waals surface area (Å²) in [5.74, 6) is 0.730. The number of carbonyl (C=O) groups excluding carboxylic acids is 2. The summed E-state index contributed by atoms with van der Waals surface area (Å²) >= 11 is 14.7. The van der Waals surface area contributed by atoms with E-state index in [0.29, 0.717) is 27.8 Å². The molecule has 3 aromatic rings. The molecule has 1 fully saturated rings. The average Bonchev–Trinajstić information content (AvgIpc) is 3.40. The summed E-state index contributed by atoms with van der Waals surface area (Å²) in [4.78, 5) is 29.4. The highest BCUT2D eigenvalue weighted by Crippen LogP contribution is 2.28. The maximum Gasteiger partial charge on any atom is 0.243 e. The Labute approximate surface area is 246 Å². The first-order valence-corrected chi connectivity index (χ1v) is 15.4. The maximum atomic E-state index is 13.9. The molecule has 0 radical (unpaired) electrons. The third-order valence-corrected chi connectivity index (χ3v) is 8.84. The Bertz CT molecular complexity index is 1240. The van der Waals surface area contributed by atoms with Crippen molar-refractivity contribution in [1.82, 2.24) is 10.2 Å². The largest absolute Gasteiger partial charge is 0.352 e. The van der Waals surface area contributed by atoms with Crippen molar-refractivity contribution in [2.24, 2.45) is 0 Å². The monoisotopic (exact) mass is 582 g/mol. The molecule has 39 heavy (non-hydrogen) atoms. The van der Waals surface area contributed by atoms with Gasteiger partial charge in [-0.3, -0.25) is 9.59 Å². The van der Waals surface area contributed by atoms with Crippen molar-refractivity contribution >= 4 is 46.8 Å². The Morgan fingerprint density at radius 3 is 2.21 bits per heavy atom. The molecule has 1 aliphatic rings. The Balaban J connectivity index is 1.60. The van der Waals surface area contributed by atoms with E-state index in [2.05, 4.69) is 37.4 Å². The van der Waals surface area contributed by atoms with Crippen molar-refractivity contribution in [1.29, 1.82) is 0 Å². The van der Waals surface area contributed by atoms with Gasteiger partial charge in [-0.1, -0.05) is 102 Å². The van der Waals surface area contributed by atoms with Gasteiger partial charge in [-0.2, -0.15) is 0 Å². The van der Waals surface area contributed by atoms with Crippen molar-refractivity contribution in [3.8, 4) is 0 Å². The van der Waals surface area contributed by atoms with Crippen molar-refractivity contribution in [2.45, 2.75) is 70.3 Å². The number of nitrogens with zero attached hydrogens (tertiary/aromatic N) is 1. The number of benzene rings is 3. The van der Waals surface area contributed by atoms with Gasteiger partial charge in [0.05, 0.1) is 5.75 Å². The van der Waals surface area contributed by atoms with Crippen LogP contribution in [0.1, 0.15) is 53.5 Å². The van der Waals surface area contributed by atoms with Gasteiger partial charge in [0.2, 0.25) is 11.8 Å². The smallest absolute Gasteiger partial charge is 0.243 e. The van der Waals surface area contributed by atoms with Crippen LogP contribution in [0, 0.1) is 13.8 Å². The lowest BCUT2D eigenvalue weighted by Gasteiger charge is -2.33. The van der Waals surface area contributed by atoms with Crippen LogP contribution < -0.4 is 5.32 Å². The van der Waals surface area contributed by atoms with Gasteiger partial charge in [-0.25, -0.2) is 0 Å². The van der Waals surface area contributed by atoms with E-state index in [1.807, 2.05) is 30.3 Å². The molecular weight excluding hydrogens is 547 g/mol. The molecule has 4 rings (SSSR count). The van der Waals surface area contributed by atoms with Crippen LogP contribution in [0.3, 0.4) is 0 Å². The first-order chi connectivity index (χ1) is 18.8. The lowest BCUT2D eigenvalue weighted by Crippen LogP contribution is -2.52. The molecule has 0 spiro atoms. The van der Waals surface area contributed by atoms with Gasteiger partial charge in [-0.15, -0.1) is 11.8 Å². The SMILES string of the molecule is Cc1cc(C)cc(CSCC(=O)N(Cc2c(Cl)cccc2Cl)[C@H](Cc2ccccc2)C(=O)NC2CCCC2)c1. The molecule has 1 saturated carbocycles. The van der Waals surface area contributed by atoms with Crippen molar-refractivity contribution in [2.75, 3.05) is 5.75 Å². The van der Waals surface area contributed by atoms with E-state index < -0.39 is 6.04 Å². The zero-order chi connectivity index (χ0) is 27.8. The third-order valence-electron chi connectivity index (χ3n) is 7.14. The van der Waals surface area contributed by atoms with Gasteiger partial charge >= 0.3 is 0 Å². The van der Waals surface area contributed by atoms with Gasteiger partial charge in [-0.05, 0) is 49.9 Å². The second-order valence-electron chi connectivity index (χ2n) is 10.4. The van der Waals surface area contributed by atoms with Gasteiger partial charge in [0.15, 0.2) is 0 Å². The minimum absolute atomic E-state index is 0.108. The van der Waals surface area contributed by atoms with Crippen LogP contribution in [0.5, 0.6) is 0 Å². The molecule has 0 saturated heterocycles. The van der Waals surface area contributed by atoms with E-state index >= 15 is 0 Å². The lowest BCUT2D eigenvalue weighted by molar-refractivity contribution is -0.139. The van der Waals surface area contributed by atoms with Crippen LogP contribution in [0.2, 0.25) is 10.0 Å². The first kappa shape index (κ1) is 29.5. The topological polar surface area (TPSA) is 49.4 Å². The van der Waals surface area contributed by atoms with Gasteiger partial charge in [0.25, 0.3) is 0 Å². The zero-order valence-corrected chi connectivity index (χ0v) is 24.9. The van der Waals surface area contributed by atoms with Gasteiger partial charge in [0.1, 0.15) is 6.04 Å². The summed E-state index contributed by atoms with van der Waals surface area (Å²) in [7, 11) is 0. The number of halogens is 2. The van der Waals surface area contributed by atoms with Crippen LogP contribution in [0.25, 0.3) is 0 Å². The van der Waals surface area contributed by atoms with Crippen molar-refractivity contribution in [3.63, 3.8) is 0 Å². The number of amides is 2. The standard InChI is InChI=1S/C32H36Cl2N2O2S/c1-22-15-23(2)17-25(16-22)20-39-21-31(37)36(19-27-28(33)13-8-14-29(27)34)30(18-24-9-4-3-5-10-24)32(38)35-26-11-6-7-12-26/h3-5,8-10,13-17,26,30H,6-7,11-12,18-21H2,1-2H3,(H,35,38)/t30-/m1/s1. The number of thioether (sulfide) groups is 1. The second kappa shape index (κ2) is 14.2. The van der Waals surface area contributed by atoms with Crippen LogP contribution >= 0.6 is 35.0 Å². The summed E-state index contributed by atoms with van der Waals surface area (Å²) in [5, 5.41) is 4.21. The molecule has 7 heteroatoms. The summed E-state index contributed by atoms with van der Waals surface area (Å²) in [6.07, 6.45) is 4.58. The molecule has 0 heterocycles. The summed E-state index contributed by atoms with van der Waals surface area (Å²) in [5.41, 5.74) is 5.25. The molecule has 3 aromatic carbocycles. The lowest BCUT2D eigenvalue weighted by atomic mass is 10.0. The highest BCUT2D eigenvalue weighted by atomic mass is 35.5. The Kier molecular flexibility index (Phi) is 10.8. The minimum Gasteiger partial charge on any atom is -0.352 e. The number of hydrogen-bond donors (Lipinski definition) is 1. The van der Waals surface area contributed by atoms with Crippen molar-refractivity contribution < 1.29 is 9.59 Å².